The van der Waals surface area contributed by atoms with Crippen molar-refractivity contribution in [1.29, 1.82) is 0 Å². The Morgan fingerprint density at radius 3 is 2.00 bits per heavy atom. The minimum absolute atomic E-state index is 0.175. The third-order valence-electron chi connectivity index (χ3n) is 4.99. The van der Waals surface area contributed by atoms with Gasteiger partial charge in [0, 0.05) is 6.42 Å². The molecule has 0 fully saturated rings. The minimum Gasteiger partial charge on any atom is -0.497 e. The SMILES string of the molecule is COc1ccc(C(SCCCC(=O)O)(c2ccccc2)c2ccc(C)cc2)cc1. The molecule has 4 heteroatoms. The zero-order valence-electron chi connectivity index (χ0n) is 16.8. The molecule has 1 N–H and O–H groups in total. The molecule has 0 amide bonds. The van der Waals surface area contributed by atoms with Gasteiger partial charge in [0.05, 0.1) is 11.9 Å². The molecule has 0 aliphatic heterocycles. The highest BCUT2D eigenvalue weighted by atomic mass is 32.2. The summed E-state index contributed by atoms with van der Waals surface area (Å²) in [6, 6.07) is 27.2. The van der Waals surface area contributed by atoms with E-state index in [-0.39, 0.29) is 6.42 Å². The van der Waals surface area contributed by atoms with Crippen LogP contribution in [0.4, 0.5) is 0 Å². The molecule has 150 valence electrons. The van der Waals surface area contributed by atoms with Crippen molar-refractivity contribution in [2.45, 2.75) is 24.5 Å². The molecule has 0 saturated carbocycles. The monoisotopic (exact) mass is 406 g/mol. The number of hydrogen-bond acceptors (Lipinski definition) is 3. The van der Waals surface area contributed by atoms with Gasteiger partial charge in [0.2, 0.25) is 0 Å². The molecule has 0 saturated heterocycles. The average Bonchev–Trinajstić information content (AvgIpc) is 2.75. The predicted molar refractivity (Wildman–Crippen MR) is 120 cm³/mol. The van der Waals surface area contributed by atoms with E-state index in [1.54, 1.807) is 18.9 Å². The lowest BCUT2D eigenvalue weighted by Crippen LogP contribution is -2.26. The van der Waals surface area contributed by atoms with Crippen molar-refractivity contribution in [2.75, 3.05) is 12.9 Å². The molecule has 3 aromatic carbocycles. The van der Waals surface area contributed by atoms with Crippen LogP contribution in [0.5, 0.6) is 5.75 Å². The van der Waals surface area contributed by atoms with Gasteiger partial charge in [0.25, 0.3) is 0 Å². The Morgan fingerprint density at radius 2 is 1.45 bits per heavy atom. The molecule has 0 radical (unpaired) electrons. The van der Waals surface area contributed by atoms with Gasteiger partial charge in [-0.25, -0.2) is 0 Å². The average molecular weight is 407 g/mol. The number of hydrogen-bond donors (Lipinski definition) is 1. The fraction of sp³-hybridized carbons (Fsp3) is 0.240. The molecule has 0 aromatic heterocycles. The Hall–Kier alpha value is -2.72. The summed E-state index contributed by atoms with van der Waals surface area (Å²) in [7, 11) is 1.67. The quantitative estimate of drug-likeness (QED) is 0.355. The molecule has 3 rings (SSSR count). The molecule has 0 heterocycles. The van der Waals surface area contributed by atoms with Crippen molar-refractivity contribution < 1.29 is 14.6 Å². The van der Waals surface area contributed by atoms with Crippen molar-refractivity contribution in [3.8, 4) is 5.75 Å². The summed E-state index contributed by atoms with van der Waals surface area (Å²) in [5.41, 5.74) is 4.71. The highest BCUT2D eigenvalue weighted by Gasteiger charge is 2.36. The van der Waals surface area contributed by atoms with Gasteiger partial charge in [-0.05, 0) is 47.9 Å². The molecule has 0 bridgehead atoms. The summed E-state index contributed by atoms with van der Waals surface area (Å²) in [5, 5.41) is 9.06. The van der Waals surface area contributed by atoms with E-state index in [2.05, 4.69) is 67.6 Å². The molecule has 0 spiro atoms. The van der Waals surface area contributed by atoms with Crippen LogP contribution >= 0.6 is 11.8 Å². The van der Waals surface area contributed by atoms with Crippen LogP contribution in [0, 0.1) is 6.92 Å². The normalized spacial score (nSPS) is 12.9. The lowest BCUT2D eigenvalue weighted by Gasteiger charge is -2.35. The Kier molecular flexibility index (Phi) is 6.99. The second-order valence-corrected chi connectivity index (χ2v) is 8.30. The van der Waals surface area contributed by atoms with Gasteiger partial charge < -0.3 is 9.84 Å². The maximum absolute atomic E-state index is 11.0. The summed E-state index contributed by atoms with van der Waals surface area (Å²) in [5.74, 6) is 0.798. The molecular formula is C25H26O3S. The number of methoxy groups -OCH3 is 1. The summed E-state index contributed by atoms with van der Waals surface area (Å²) in [6.07, 6.45) is 0.797. The first-order valence-corrected chi connectivity index (χ1v) is 10.7. The summed E-state index contributed by atoms with van der Waals surface area (Å²) >= 11 is 1.79. The number of carboxylic acids is 1. The topological polar surface area (TPSA) is 46.5 Å². The van der Waals surface area contributed by atoms with Crippen LogP contribution in [-0.4, -0.2) is 23.9 Å². The molecule has 1 unspecified atom stereocenters. The molecule has 0 aliphatic carbocycles. The number of benzene rings is 3. The van der Waals surface area contributed by atoms with Gasteiger partial charge in [-0.3, -0.25) is 4.79 Å². The summed E-state index contributed by atoms with van der Waals surface area (Å²) in [6.45, 7) is 2.08. The van der Waals surface area contributed by atoms with Crippen LogP contribution in [0.1, 0.15) is 35.1 Å². The van der Waals surface area contributed by atoms with Gasteiger partial charge in [0.1, 0.15) is 5.75 Å². The molecule has 0 aliphatic rings. The first-order chi connectivity index (χ1) is 14.1. The van der Waals surface area contributed by atoms with Gasteiger partial charge in [-0.2, -0.15) is 0 Å². The highest BCUT2D eigenvalue weighted by molar-refractivity contribution is 8.00. The Bertz CT molecular complexity index is 921. The number of carbonyl (C=O) groups is 1. The van der Waals surface area contributed by atoms with Gasteiger partial charge >= 0.3 is 5.97 Å². The molecule has 3 aromatic rings. The van der Waals surface area contributed by atoms with Crippen molar-refractivity contribution in [3.05, 3.63) is 101 Å². The molecule has 29 heavy (non-hydrogen) atoms. The van der Waals surface area contributed by atoms with Crippen LogP contribution in [-0.2, 0) is 9.54 Å². The van der Waals surface area contributed by atoms with E-state index in [1.807, 2.05) is 18.2 Å². The Morgan fingerprint density at radius 1 is 0.897 bits per heavy atom. The maximum atomic E-state index is 11.0. The smallest absolute Gasteiger partial charge is 0.303 e. The van der Waals surface area contributed by atoms with Crippen LogP contribution < -0.4 is 4.74 Å². The third kappa shape index (κ3) is 4.83. The third-order valence-corrected chi connectivity index (χ3v) is 6.62. The first-order valence-electron chi connectivity index (χ1n) is 9.69. The predicted octanol–water partition coefficient (Wildman–Crippen LogP) is 5.89. The second kappa shape index (κ2) is 9.66. The first kappa shape index (κ1) is 21.0. The van der Waals surface area contributed by atoms with Crippen LogP contribution in [0.2, 0.25) is 0 Å². The van der Waals surface area contributed by atoms with Gasteiger partial charge in [-0.15, -0.1) is 11.8 Å². The fourth-order valence-electron chi connectivity index (χ4n) is 3.49. The number of rotatable bonds is 9. The minimum atomic E-state index is -0.754. The van der Waals surface area contributed by atoms with E-state index in [9.17, 15) is 4.79 Å². The van der Waals surface area contributed by atoms with Crippen molar-refractivity contribution in [1.82, 2.24) is 0 Å². The second-order valence-electron chi connectivity index (χ2n) is 6.99. The largest absolute Gasteiger partial charge is 0.497 e. The molecule has 1 atom stereocenters. The zero-order valence-corrected chi connectivity index (χ0v) is 17.6. The van der Waals surface area contributed by atoms with Crippen LogP contribution in [0.3, 0.4) is 0 Å². The van der Waals surface area contributed by atoms with Crippen LogP contribution in [0.25, 0.3) is 0 Å². The number of carboxylic acid groups (broad SMARTS) is 1. The van der Waals surface area contributed by atoms with E-state index in [0.717, 1.165) is 17.1 Å². The van der Waals surface area contributed by atoms with E-state index < -0.39 is 10.7 Å². The van der Waals surface area contributed by atoms with Crippen molar-refractivity contribution in [2.24, 2.45) is 0 Å². The number of thioether (sulfide) groups is 1. The molecule has 3 nitrogen and oxygen atoms in total. The van der Waals surface area contributed by atoms with Crippen LogP contribution in [0.15, 0.2) is 78.9 Å². The zero-order chi connectivity index (χ0) is 20.7. The number of aliphatic carboxylic acids is 1. The Labute approximate surface area is 176 Å². The summed E-state index contributed by atoms with van der Waals surface area (Å²) < 4.78 is 4.93. The Balaban J connectivity index is 2.14. The van der Waals surface area contributed by atoms with E-state index >= 15 is 0 Å². The molecular weight excluding hydrogens is 380 g/mol. The van der Waals surface area contributed by atoms with Crippen molar-refractivity contribution >= 4 is 17.7 Å². The standard InChI is InChI=1S/C25H26O3S/c1-19-10-12-21(13-11-19)25(20-7-4-3-5-8-20,29-18-6-9-24(26)27)22-14-16-23(28-2)17-15-22/h3-5,7-8,10-17H,6,9,18H2,1-2H3,(H,26,27). The van der Waals surface area contributed by atoms with Crippen molar-refractivity contribution in [3.63, 3.8) is 0 Å². The maximum Gasteiger partial charge on any atom is 0.303 e. The van der Waals surface area contributed by atoms with Gasteiger partial charge in [-0.1, -0.05) is 72.3 Å². The van der Waals surface area contributed by atoms with E-state index in [1.165, 1.54) is 16.7 Å². The number of ether oxygens (including phenoxy) is 1. The fourth-order valence-corrected chi connectivity index (χ4v) is 4.99. The van der Waals surface area contributed by atoms with Gasteiger partial charge in [0.15, 0.2) is 0 Å². The lowest BCUT2D eigenvalue weighted by atomic mass is 9.83. The number of aryl methyl sites for hydroxylation is 1. The summed E-state index contributed by atoms with van der Waals surface area (Å²) in [4.78, 5) is 11.0. The lowest BCUT2D eigenvalue weighted by molar-refractivity contribution is -0.137. The van der Waals surface area contributed by atoms with E-state index in [0.29, 0.717) is 6.42 Å². The highest BCUT2D eigenvalue weighted by Crippen LogP contribution is 2.49. The van der Waals surface area contributed by atoms with E-state index in [4.69, 9.17) is 9.84 Å².